The molecule has 0 spiro atoms. The first kappa shape index (κ1) is 22.5. The number of hydrogen-bond acceptors (Lipinski definition) is 8. The predicted octanol–water partition coefficient (Wildman–Crippen LogP) is 0.373. The van der Waals surface area contributed by atoms with Crippen LogP contribution in [-0.2, 0) is 14.3 Å². The number of primary amides is 1. The van der Waals surface area contributed by atoms with E-state index in [0.717, 1.165) is 0 Å². The van der Waals surface area contributed by atoms with Gasteiger partial charge in [-0.05, 0) is 44.5 Å². The number of methoxy groups -OCH3 is 2. The van der Waals surface area contributed by atoms with Crippen LogP contribution >= 0.6 is 11.3 Å². The molecule has 0 radical (unpaired) electrons. The smallest absolute Gasteiger partial charge is 0.313 e. The van der Waals surface area contributed by atoms with Gasteiger partial charge >= 0.3 is 5.97 Å². The van der Waals surface area contributed by atoms with E-state index in [2.05, 4.69) is 4.99 Å². The maximum absolute atomic E-state index is 13.1. The van der Waals surface area contributed by atoms with Crippen molar-refractivity contribution in [1.82, 2.24) is 4.57 Å². The van der Waals surface area contributed by atoms with Crippen molar-refractivity contribution >= 4 is 29.3 Å². The standard InChI is InChI=1S/C21H25N3O6S/c1-11-17(19(27)29-5)21(2,3)23-20-24(11)18(26)15(31-20)9-12-6-7-13(14(8-12)28-4)30-10-16(22)25/h6-9,11,17H,10H2,1-5H3,(H2,22,25)/b15-9-. The number of rotatable bonds is 6. The van der Waals surface area contributed by atoms with Crippen LogP contribution in [0, 0.1) is 5.92 Å². The maximum Gasteiger partial charge on any atom is 0.313 e. The summed E-state index contributed by atoms with van der Waals surface area (Å²) in [6, 6.07) is 4.67. The summed E-state index contributed by atoms with van der Waals surface area (Å²) in [5.41, 5.74) is 4.88. The summed E-state index contributed by atoms with van der Waals surface area (Å²) in [6.07, 6.45) is 1.72. The van der Waals surface area contributed by atoms with Gasteiger partial charge in [-0.15, -0.1) is 0 Å². The molecule has 1 aliphatic rings. The first-order valence-electron chi connectivity index (χ1n) is 9.59. The zero-order valence-electron chi connectivity index (χ0n) is 18.0. The minimum Gasteiger partial charge on any atom is -0.493 e. The fourth-order valence-corrected chi connectivity index (χ4v) is 4.99. The number of aromatic nitrogens is 1. The van der Waals surface area contributed by atoms with E-state index in [-0.39, 0.29) is 12.2 Å². The van der Waals surface area contributed by atoms with Crippen LogP contribution in [-0.4, -0.2) is 42.8 Å². The molecule has 1 amide bonds. The Labute approximate surface area is 182 Å². The van der Waals surface area contributed by atoms with Gasteiger partial charge in [0, 0.05) is 0 Å². The zero-order chi connectivity index (χ0) is 22.9. The Hall–Kier alpha value is -3.14. The summed E-state index contributed by atoms with van der Waals surface area (Å²) in [5, 5.41) is 0. The van der Waals surface area contributed by atoms with Crippen LogP contribution in [0.3, 0.4) is 0 Å². The summed E-state index contributed by atoms with van der Waals surface area (Å²) < 4.78 is 17.6. The number of nitrogens with zero attached hydrogens (tertiary/aromatic N) is 2. The van der Waals surface area contributed by atoms with E-state index in [1.54, 1.807) is 28.8 Å². The second-order valence-corrected chi connectivity index (χ2v) is 8.75. The highest BCUT2D eigenvalue weighted by Gasteiger charge is 2.44. The van der Waals surface area contributed by atoms with Crippen LogP contribution < -0.4 is 30.1 Å². The Morgan fingerprint density at radius 1 is 1.29 bits per heavy atom. The largest absolute Gasteiger partial charge is 0.493 e. The van der Waals surface area contributed by atoms with Gasteiger partial charge in [0.05, 0.1) is 30.3 Å². The monoisotopic (exact) mass is 447 g/mol. The molecule has 1 aliphatic heterocycles. The number of ether oxygens (including phenoxy) is 3. The van der Waals surface area contributed by atoms with Gasteiger partial charge in [0.2, 0.25) is 0 Å². The molecule has 1 aromatic heterocycles. The number of nitrogens with two attached hydrogens (primary N) is 1. The minimum atomic E-state index is -0.705. The molecule has 2 aromatic rings. The minimum absolute atomic E-state index is 0.228. The normalized spacial score (nSPS) is 19.8. The van der Waals surface area contributed by atoms with E-state index in [0.29, 0.717) is 26.4 Å². The number of carbonyl (C=O) groups excluding carboxylic acids is 2. The second kappa shape index (κ2) is 8.54. The molecule has 2 N–H and O–H groups in total. The highest BCUT2D eigenvalue weighted by atomic mass is 32.1. The van der Waals surface area contributed by atoms with Gasteiger partial charge in [0.25, 0.3) is 11.5 Å². The molecule has 3 rings (SSSR count). The van der Waals surface area contributed by atoms with Gasteiger partial charge in [-0.25, -0.2) is 0 Å². The Balaban J connectivity index is 2.07. The lowest BCUT2D eigenvalue weighted by molar-refractivity contribution is -0.149. The van der Waals surface area contributed by atoms with Gasteiger partial charge in [-0.3, -0.25) is 23.9 Å². The van der Waals surface area contributed by atoms with Crippen LogP contribution in [0.4, 0.5) is 0 Å². The lowest BCUT2D eigenvalue weighted by Crippen LogP contribution is -2.51. The molecule has 0 bridgehead atoms. The van der Waals surface area contributed by atoms with Crippen LogP contribution in [0.5, 0.6) is 11.5 Å². The number of esters is 1. The molecule has 10 heteroatoms. The van der Waals surface area contributed by atoms with Crippen LogP contribution in [0.2, 0.25) is 0 Å². The molecule has 1 aromatic carbocycles. The Bertz CT molecular complexity index is 1200. The zero-order valence-corrected chi connectivity index (χ0v) is 18.8. The van der Waals surface area contributed by atoms with Crippen molar-refractivity contribution in [2.24, 2.45) is 16.6 Å². The fraction of sp³-hybridized carbons (Fsp3) is 0.429. The van der Waals surface area contributed by atoms with Gasteiger partial charge in [-0.2, -0.15) is 0 Å². The summed E-state index contributed by atoms with van der Waals surface area (Å²) in [4.78, 5) is 41.6. The molecule has 166 valence electrons. The number of hydrogen-bond donors (Lipinski definition) is 1. The Morgan fingerprint density at radius 2 is 2.00 bits per heavy atom. The second-order valence-electron chi connectivity index (χ2n) is 7.74. The topological polar surface area (TPSA) is 122 Å². The molecule has 0 aliphatic carbocycles. The molecule has 2 atom stereocenters. The van der Waals surface area contributed by atoms with Crippen LogP contribution in [0.1, 0.15) is 32.4 Å². The highest BCUT2D eigenvalue weighted by molar-refractivity contribution is 7.07. The van der Waals surface area contributed by atoms with Gasteiger partial charge in [-0.1, -0.05) is 17.4 Å². The maximum atomic E-state index is 13.1. The van der Waals surface area contributed by atoms with Gasteiger partial charge < -0.3 is 19.9 Å². The first-order chi connectivity index (χ1) is 14.6. The molecule has 0 saturated carbocycles. The molecule has 31 heavy (non-hydrogen) atoms. The van der Waals surface area contributed by atoms with Crippen molar-refractivity contribution in [2.75, 3.05) is 20.8 Å². The van der Waals surface area contributed by atoms with E-state index >= 15 is 0 Å². The first-order valence-corrected chi connectivity index (χ1v) is 10.4. The van der Waals surface area contributed by atoms with E-state index in [1.165, 1.54) is 25.6 Å². The average molecular weight is 448 g/mol. The molecular weight excluding hydrogens is 422 g/mol. The molecular formula is C21H25N3O6S. The summed E-state index contributed by atoms with van der Waals surface area (Å²) >= 11 is 1.26. The van der Waals surface area contributed by atoms with E-state index in [1.807, 2.05) is 20.8 Å². The van der Waals surface area contributed by atoms with Gasteiger partial charge in [0.15, 0.2) is 22.9 Å². The Morgan fingerprint density at radius 3 is 2.61 bits per heavy atom. The average Bonchev–Trinajstić information content (AvgIpc) is 3.00. The highest BCUT2D eigenvalue weighted by Crippen LogP contribution is 2.33. The number of amides is 1. The SMILES string of the molecule is COC(=O)C1C(C)n2c(s/c(=C\c3ccc(OCC(N)=O)c(OC)c3)c2=O)=NC1(C)C. The third-order valence-electron chi connectivity index (χ3n) is 5.18. The quantitative estimate of drug-likeness (QED) is 0.639. The van der Waals surface area contributed by atoms with E-state index in [9.17, 15) is 14.4 Å². The van der Waals surface area contributed by atoms with Crippen molar-refractivity contribution in [3.05, 3.63) is 43.5 Å². The van der Waals surface area contributed by atoms with Crippen LogP contribution in [0.25, 0.3) is 6.08 Å². The third-order valence-corrected chi connectivity index (χ3v) is 6.16. The van der Waals surface area contributed by atoms with Gasteiger partial charge in [0.1, 0.15) is 5.92 Å². The van der Waals surface area contributed by atoms with Crippen molar-refractivity contribution in [2.45, 2.75) is 32.4 Å². The summed E-state index contributed by atoms with van der Waals surface area (Å²) in [5.74, 6) is -0.798. The lowest BCUT2D eigenvalue weighted by atomic mass is 9.82. The van der Waals surface area contributed by atoms with Crippen LogP contribution in [0.15, 0.2) is 28.0 Å². The number of fused-ring (bicyclic) bond motifs is 1. The summed E-state index contributed by atoms with van der Waals surface area (Å²) in [7, 11) is 2.81. The van der Waals surface area contributed by atoms with Crippen molar-refractivity contribution in [3.8, 4) is 11.5 Å². The van der Waals surface area contributed by atoms with Crippen molar-refractivity contribution in [3.63, 3.8) is 0 Å². The van der Waals surface area contributed by atoms with Crippen molar-refractivity contribution < 1.29 is 23.8 Å². The predicted molar refractivity (Wildman–Crippen MR) is 115 cm³/mol. The Kier molecular flexibility index (Phi) is 6.21. The number of benzene rings is 1. The third kappa shape index (κ3) is 4.34. The molecule has 2 heterocycles. The van der Waals surface area contributed by atoms with E-state index < -0.39 is 29.4 Å². The molecule has 0 fully saturated rings. The molecule has 9 nitrogen and oxygen atoms in total. The fourth-order valence-electron chi connectivity index (χ4n) is 3.78. The van der Waals surface area contributed by atoms with E-state index in [4.69, 9.17) is 19.9 Å². The van der Waals surface area contributed by atoms with Crippen molar-refractivity contribution in [1.29, 1.82) is 0 Å². The number of thiazole rings is 1. The molecule has 0 saturated heterocycles. The molecule has 2 unspecified atom stereocenters. The lowest BCUT2D eigenvalue weighted by Gasteiger charge is -2.36. The summed E-state index contributed by atoms with van der Waals surface area (Å²) in [6.45, 7) is 5.28. The number of carbonyl (C=O) groups is 2.